The molecule has 0 radical (unpaired) electrons. The second kappa shape index (κ2) is 6.49. The summed E-state index contributed by atoms with van der Waals surface area (Å²) in [4.78, 5) is 4.44. The Morgan fingerprint density at radius 1 is 1.26 bits per heavy atom. The highest BCUT2D eigenvalue weighted by molar-refractivity contribution is 5.83. The standard InChI is InChI=1S/C18H18F3N5O/c1-10-15(13-5-4-11(7-14(13)27)18(19,20)21)24-25-17-16(10)23-9-26(17)12-3-2-6-22-8-12/h4-5,7,9,12,22,27H,2-3,6,8H2,1H3/t12-/m1/s1. The van der Waals surface area contributed by atoms with Gasteiger partial charge in [0.05, 0.1) is 11.9 Å². The van der Waals surface area contributed by atoms with Crippen LogP contribution in [0.1, 0.15) is 30.0 Å². The van der Waals surface area contributed by atoms with Crippen molar-refractivity contribution in [1.82, 2.24) is 25.1 Å². The smallest absolute Gasteiger partial charge is 0.416 e. The highest BCUT2D eigenvalue weighted by atomic mass is 19.4. The van der Waals surface area contributed by atoms with Gasteiger partial charge in [0.25, 0.3) is 0 Å². The van der Waals surface area contributed by atoms with Gasteiger partial charge in [-0.2, -0.15) is 13.2 Å². The van der Waals surface area contributed by atoms with E-state index < -0.39 is 17.5 Å². The fourth-order valence-electron chi connectivity index (χ4n) is 3.50. The van der Waals surface area contributed by atoms with E-state index in [0.29, 0.717) is 28.5 Å². The Kier molecular flexibility index (Phi) is 4.26. The van der Waals surface area contributed by atoms with Gasteiger partial charge < -0.3 is 15.0 Å². The van der Waals surface area contributed by atoms with Crippen molar-refractivity contribution in [1.29, 1.82) is 0 Å². The maximum Gasteiger partial charge on any atom is 0.416 e. The summed E-state index contributed by atoms with van der Waals surface area (Å²) in [5.41, 5.74) is 1.54. The van der Waals surface area contributed by atoms with Gasteiger partial charge in [-0.1, -0.05) is 0 Å². The van der Waals surface area contributed by atoms with Gasteiger partial charge in [0.2, 0.25) is 0 Å². The van der Waals surface area contributed by atoms with E-state index in [2.05, 4.69) is 20.5 Å². The molecule has 4 rings (SSSR count). The Bertz CT molecular complexity index is 993. The predicted molar refractivity (Wildman–Crippen MR) is 93.3 cm³/mol. The van der Waals surface area contributed by atoms with Gasteiger partial charge in [0.1, 0.15) is 17.0 Å². The Labute approximate surface area is 153 Å². The number of phenols is 1. The molecular weight excluding hydrogens is 359 g/mol. The summed E-state index contributed by atoms with van der Waals surface area (Å²) in [5.74, 6) is -0.488. The van der Waals surface area contributed by atoms with Crippen molar-refractivity contribution in [3.63, 3.8) is 0 Å². The first-order valence-electron chi connectivity index (χ1n) is 8.67. The molecule has 0 unspecified atom stereocenters. The predicted octanol–water partition coefficient (Wildman–Crippen LogP) is 3.45. The van der Waals surface area contributed by atoms with E-state index in [4.69, 9.17) is 0 Å². The number of benzene rings is 1. The molecule has 1 aliphatic rings. The van der Waals surface area contributed by atoms with Crippen LogP contribution in [0.15, 0.2) is 24.5 Å². The number of fused-ring (bicyclic) bond motifs is 1. The second-order valence-corrected chi connectivity index (χ2v) is 6.73. The van der Waals surface area contributed by atoms with E-state index in [0.717, 1.165) is 32.0 Å². The van der Waals surface area contributed by atoms with Crippen LogP contribution < -0.4 is 5.32 Å². The van der Waals surface area contributed by atoms with Gasteiger partial charge in [0.15, 0.2) is 5.65 Å². The van der Waals surface area contributed by atoms with Crippen LogP contribution in [-0.2, 0) is 6.18 Å². The summed E-state index contributed by atoms with van der Waals surface area (Å²) in [5, 5.41) is 21.9. The normalized spacial score (nSPS) is 18.1. The number of alkyl halides is 3. The minimum Gasteiger partial charge on any atom is -0.507 e. The van der Waals surface area contributed by atoms with Crippen molar-refractivity contribution in [2.75, 3.05) is 13.1 Å². The number of imidazole rings is 1. The van der Waals surface area contributed by atoms with Gasteiger partial charge >= 0.3 is 6.18 Å². The van der Waals surface area contributed by atoms with Crippen molar-refractivity contribution in [2.45, 2.75) is 32.0 Å². The molecular formula is C18H18F3N5O. The number of aromatic nitrogens is 4. The molecule has 0 aliphatic carbocycles. The molecule has 27 heavy (non-hydrogen) atoms. The zero-order valence-corrected chi connectivity index (χ0v) is 14.6. The van der Waals surface area contributed by atoms with Crippen molar-refractivity contribution in [2.24, 2.45) is 0 Å². The number of hydrogen-bond acceptors (Lipinski definition) is 5. The first kappa shape index (κ1) is 17.7. The van der Waals surface area contributed by atoms with E-state index in [1.807, 2.05) is 4.57 Å². The summed E-state index contributed by atoms with van der Waals surface area (Å²) in [6.07, 6.45) is -0.719. The van der Waals surface area contributed by atoms with Crippen LogP contribution in [0, 0.1) is 6.92 Å². The molecule has 0 saturated carbocycles. The lowest BCUT2D eigenvalue weighted by Gasteiger charge is -2.24. The largest absolute Gasteiger partial charge is 0.507 e. The Morgan fingerprint density at radius 3 is 2.74 bits per heavy atom. The summed E-state index contributed by atoms with van der Waals surface area (Å²) >= 11 is 0. The number of aromatic hydroxyl groups is 1. The molecule has 3 aromatic rings. The van der Waals surface area contributed by atoms with E-state index in [1.54, 1.807) is 13.3 Å². The topological polar surface area (TPSA) is 75.9 Å². The third-order valence-corrected chi connectivity index (χ3v) is 4.97. The summed E-state index contributed by atoms with van der Waals surface area (Å²) in [7, 11) is 0. The SMILES string of the molecule is Cc1c(-c2ccc(C(F)(F)F)cc2O)nnc2c1ncn2[C@@H]1CCCNC1. The third kappa shape index (κ3) is 3.12. The van der Waals surface area contributed by atoms with Crippen molar-refractivity contribution < 1.29 is 18.3 Å². The highest BCUT2D eigenvalue weighted by Crippen LogP contribution is 2.37. The van der Waals surface area contributed by atoms with Crippen molar-refractivity contribution in [3.8, 4) is 17.0 Å². The lowest BCUT2D eigenvalue weighted by Crippen LogP contribution is -2.31. The second-order valence-electron chi connectivity index (χ2n) is 6.73. The molecule has 142 valence electrons. The van der Waals surface area contributed by atoms with Crippen LogP contribution in [-0.4, -0.2) is 37.9 Å². The quantitative estimate of drug-likeness (QED) is 0.715. The number of nitrogens with one attached hydrogen (secondary N) is 1. The minimum atomic E-state index is -4.52. The monoisotopic (exact) mass is 377 g/mol. The molecule has 0 bridgehead atoms. The number of piperidine rings is 1. The molecule has 1 atom stereocenters. The first-order chi connectivity index (χ1) is 12.9. The van der Waals surface area contributed by atoms with Crippen molar-refractivity contribution in [3.05, 3.63) is 35.7 Å². The number of rotatable bonds is 2. The fourth-order valence-corrected chi connectivity index (χ4v) is 3.50. The molecule has 2 N–H and O–H groups in total. The molecule has 1 fully saturated rings. The van der Waals surface area contributed by atoms with Crippen LogP contribution in [0.3, 0.4) is 0 Å². The molecule has 6 nitrogen and oxygen atoms in total. The lowest BCUT2D eigenvalue weighted by molar-refractivity contribution is -0.137. The Morgan fingerprint density at radius 2 is 2.07 bits per heavy atom. The summed E-state index contributed by atoms with van der Waals surface area (Å²) in [6, 6.07) is 3.07. The van der Waals surface area contributed by atoms with Gasteiger partial charge in [-0.25, -0.2) is 4.98 Å². The number of halogens is 3. The molecule has 2 aromatic heterocycles. The molecule has 1 aliphatic heterocycles. The van der Waals surface area contributed by atoms with Crippen LogP contribution in [0.25, 0.3) is 22.4 Å². The Balaban J connectivity index is 1.77. The van der Waals surface area contributed by atoms with Crippen LogP contribution in [0.2, 0.25) is 0 Å². The zero-order valence-electron chi connectivity index (χ0n) is 14.6. The van der Waals surface area contributed by atoms with E-state index in [-0.39, 0.29) is 11.6 Å². The van der Waals surface area contributed by atoms with Crippen LogP contribution >= 0.6 is 0 Å². The maximum atomic E-state index is 12.8. The van der Waals surface area contributed by atoms with E-state index in [9.17, 15) is 18.3 Å². The van der Waals surface area contributed by atoms with Crippen LogP contribution in [0.5, 0.6) is 5.75 Å². The number of aryl methyl sites for hydroxylation is 1. The van der Waals surface area contributed by atoms with E-state index in [1.165, 1.54) is 6.07 Å². The minimum absolute atomic E-state index is 0.198. The average Bonchev–Trinajstić information content (AvgIpc) is 3.07. The number of nitrogens with zero attached hydrogens (tertiary/aromatic N) is 4. The zero-order chi connectivity index (χ0) is 19.2. The van der Waals surface area contributed by atoms with Crippen LogP contribution in [0.4, 0.5) is 13.2 Å². The van der Waals surface area contributed by atoms with E-state index >= 15 is 0 Å². The van der Waals surface area contributed by atoms with Gasteiger partial charge in [-0.3, -0.25) is 0 Å². The van der Waals surface area contributed by atoms with Gasteiger partial charge in [-0.15, -0.1) is 10.2 Å². The summed E-state index contributed by atoms with van der Waals surface area (Å²) in [6.45, 7) is 3.60. The molecule has 0 spiro atoms. The molecule has 1 saturated heterocycles. The first-order valence-corrected chi connectivity index (χ1v) is 8.67. The molecule has 1 aromatic carbocycles. The number of phenolic OH excluding ortho intramolecular Hbond substituents is 1. The molecule has 3 heterocycles. The van der Waals surface area contributed by atoms with Gasteiger partial charge in [0, 0.05) is 23.7 Å². The molecule has 9 heteroatoms. The molecule has 0 amide bonds. The summed E-state index contributed by atoms with van der Waals surface area (Å²) < 4.78 is 40.4. The number of hydrogen-bond donors (Lipinski definition) is 2. The average molecular weight is 377 g/mol. The third-order valence-electron chi connectivity index (χ3n) is 4.97. The fraction of sp³-hybridized carbons (Fsp3) is 0.389. The lowest BCUT2D eigenvalue weighted by atomic mass is 10.0. The highest BCUT2D eigenvalue weighted by Gasteiger charge is 2.31. The van der Waals surface area contributed by atoms with Gasteiger partial charge in [-0.05, 0) is 44.5 Å². The maximum absolute atomic E-state index is 12.8. The van der Waals surface area contributed by atoms with Crippen molar-refractivity contribution >= 4 is 11.2 Å². The Hall–Kier alpha value is -2.68.